The van der Waals surface area contributed by atoms with Gasteiger partial charge in [0.25, 0.3) is 0 Å². The summed E-state index contributed by atoms with van der Waals surface area (Å²) in [5, 5.41) is 10.7. The molecule has 0 saturated carbocycles. The quantitative estimate of drug-likeness (QED) is 0.685. The van der Waals surface area contributed by atoms with Gasteiger partial charge in [0.05, 0.1) is 12.1 Å². The van der Waals surface area contributed by atoms with Crippen LogP contribution in [0.4, 0.5) is 0 Å². The second-order valence-corrected chi connectivity index (χ2v) is 2.89. The normalized spacial score (nSPS) is 10.6. The van der Waals surface area contributed by atoms with E-state index in [2.05, 4.69) is 0 Å². The third-order valence-corrected chi connectivity index (χ3v) is 2.13. The van der Waals surface area contributed by atoms with E-state index in [1.54, 1.807) is 13.2 Å². The van der Waals surface area contributed by atoms with Gasteiger partial charge in [0.2, 0.25) is 0 Å². The van der Waals surface area contributed by atoms with E-state index in [-0.39, 0.29) is 0 Å². The molecule has 1 rings (SSSR count). The van der Waals surface area contributed by atoms with Crippen molar-refractivity contribution < 1.29 is 9.84 Å². The predicted molar refractivity (Wildman–Crippen MR) is 51.5 cm³/mol. The fourth-order valence-electron chi connectivity index (χ4n) is 1.05. The molecule has 0 aliphatic rings. The lowest BCUT2D eigenvalue weighted by molar-refractivity contribution is 0.350. The third kappa shape index (κ3) is 2.39. The minimum absolute atomic E-state index is 0.541. The molecule has 1 aromatic carbocycles. The van der Waals surface area contributed by atoms with Gasteiger partial charge in [0.1, 0.15) is 12.0 Å². The largest absolute Gasteiger partial charge is 0.495 e. The highest BCUT2D eigenvalue weighted by molar-refractivity contribution is 6.32. The smallest absolute Gasteiger partial charge is 0.139 e. The molecule has 1 aromatic rings. The highest BCUT2D eigenvalue weighted by atomic mass is 35.5. The van der Waals surface area contributed by atoms with Gasteiger partial charge in [-0.3, -0.25) is 5.11 Å². The summed E-state index contributed by atoms with van der Waals surface area (Å²) in [5.74, 6) is 0.637. The van der Waals surface area contributed by atoms with Crippen molar-refractivity contribution in [1.82, 2.24) is 0 Å². The summed E-state index contributed by atoms with van der Waals surface area (Å²) >= 11 is 5.98. The number of ether oxygens (including phenoxy) is 1. The second kappa shape index (κ2) is 4.77. The molecule has 0 aromatic heterocycles. The van der Waals surface area contributed by atoms with Gasteiger partial charge in [-0.15, -0.1) is 0 Å². The number of benzene rings is 1. The van der Waals surface area contributed by atoms with Crippen LogP contribution in [0.2, 0.25) is 5.02 Å². The summed E-state index contributed by atoms with van der Waals surface area (Å²) in [7, 11) is 1.56. The van der Waals surface area contributed by atoms with Crippen LogP contribution in [0, 0.1) is 0 Å². The van der Waals surface area contributed by atoms with E-state index < -0.39 is 0 Å². The molecule has 3 heteroatoms. The number of allylic oxidation sites excluding steroid dienone is 1. The summed E-state index contributed by atoms with van der Waals surface area (Å²) in [6.07, 6.45) is 2.82. The SMILES string of the molecule is COc1cccc(CC=C[O])c1Cl. The lowest BCUT2D eigenvalue weighted by Gasteiger charge is -2.05. The molecule has 0 unspecified atom stereocenters. The zero-order chi connectivity index (χ0) is 9.68. The monoisotopic (exact) mass is 197 g/mol. The van der Waals surface area contributed by atoms with E-state index in [0.29, 0.717) is 17.2 Å². The number of rotatable bonds is 3. The van der Waals surface area contributed by atoms with Crippen LogP contribution in [0.5, 0.6) is 5.75 Å². The summed E-state index contributed by atoms with van der Waals surface area (Å²) in [6, 6.07) is 5.50. The molecule has 13 heavy (non-hydrogen) atoms. The molecule has 2 nitrogen and oxygen atoms in total. The van der Waals surface area contributed by atoms with Crippen LogP contribution in [0.15, 0.2) is 30.5 Å². The van der Waals surface area contributed by atoms with Crippen molar-refractivity contribution in [3.05, 3.63) is 41.1 Å². The van der Waals surface area contributed by atoms with Crippen molar-refractivity contribution in [2.75, 3.05) is 7.11 Å². The van der Waals surface area contributed by atoms with E-state index >= 15 is 0 Å². The van der Waals surface area contributed by atoms with Crippen LogP contribution in [0.3, 0.4) is 0 Å². The Morgan fingerprint density at radius 3 is 2.92 bits per heavy atom. The molecule has 0 fully saturated rings. The van der Waals surface area contributed by atoms with Crippen molar-refractivity contribution >= 4 is 11.6 Å². The third-order valence-electron chi connectivity index (χ3n) is 1.70. The number of hydrogen-bond acceptors (Lipinski definition) is 1. The fraction of sp³-hybridized carbons (Fsp3) is 0.200. The maximum atomic E-state index is 10.1. The molecule has 0 spiro atoms. The van der Waals surface area contributed by atoms with Crippen LogP contribution in [0.25, 0.3) is 0 Å². The summed E-state index contributed by atoms with van der Waals surface area (Å²) < 4.78 is 5.03. The second-order valence-electron chi connectivity index (χ2n) is 2.51. The maximum Gasteiger partial charge on any atom is 0.139 e. The highest BCUT2D eigenvalue weighted by Gasteiger charge is 2.03. The van der Waals surface area contributed by atoms with E-state index in [1.165, 1.54) is 6.08 Å². The van der Waals surface area contributed by atoms with Crippen LogP contribution in [-0.4, -0.2) is 7.11 Å². The molecular weight excluding hydrogens is 188 g/mol. The molecule has 0 heterocycles. The van der Waals surface area contributed by atoms with E-state index in [0.717, 1.165) is 11.8 Å². The molecule has 0 bridgehead atoms. The molecule has 1 radical (unpaired) electrons. The molecule has 0 atom stereocenters. The summed E-state index contributed by atoms with van der Waals surface area (Å²) in [4.78, 5) is 0. The van der Waals surface area contributed by atoms with Crippen molar-refractivity contribution in [1.29, 1.82) is 0 Å². The van der Waals surface area contributed by atoms with Gasteiger partial charge in [-0.25, -0.2) is 0 Å². The first-order valence-electron chi connectivity index (χ1n) is 3.88. The van der Waals surface area contributed by atoms with E-state index in [4.69, 9.17) is 16.3 Å². The number of methoxy groups -OCH3 is 1. The predicted octanol–water partition coefficient (Wildman–Crippen LogP) is 2.84. The van der Waals surface area contributed by atoms with Crippen molar-refractivity contribution in [3.63, 3.8) is 0 Å². The lowest BCUT2D eigenvalue weighted by Crippen LogP contribution is -1.88. The van der Waals surface area contributed by atoms with Gasteiger partial charge in [0, 0.05) is 0 Å². The fourth-order valence-corrected chi connectivity index (χ4v) is 1.33. The molecular formula is C10H10ClO2. The van der Waals surface area contributed by atoms with Crippen LogP contribution in [0.1, 0.15) is 5.56 Å². The lowest BCUT2D eigenvalue weighted by atomic mass is 10.1. The minimum Gasteiger partial charge on any atom is -0.495 e. The van der Waals surface area contributed by atoms with Gasteiger partial charge >= 0.3 is 0 Å². The topological polar surface area (TPSA) is 29.1 Å². The average Bonchev–Trinajstić information content (AvgIpc) is 2.16. The first kappa shape index (κ1) is 9.93. The van der Waals surface area contributed by atoms with Crippen molar-refractivity contribution in [2.24, 2.45) is 0 Å². The Balaban J connectivity index is 2.94. The van der Waals surface area contributed by atoms with Crippen molar-refractivity contribution in [2.45, 2.75) is 6.42 Å². The first-order valence-corrected chi connectivity index (χ1v) is 4.25. The minimum atomic E-state index is 0.541. The van der Waals surface area contributed by atoms with Gasteiger partial charge < -0.3 is 4.74 Å². The Labute approximate surface area is 82.4 Å². The maximum absolute atomic E-state index is 10.1. The van der Waals surface area contributed by atoms with Gasteiger partial charge in [-0.1, -0.05) is 23.7 Å². The average molecular weight is 198 g/mol. The Morgan fingerprint density at radius 2 is 2.31 bits per heavy atom. The highest BCUT2D eigenvalue weighted by Crippen LogP contribution is 2.27. The first-order chi connectivity index (χ1) is 6.29. The van der Waals surface area contributed by atoms with Gasteiger partial charge in [-0.05, 0) is 24.1 Å². The van der Waals surface area contributed by atoms with Gasteiger partial charge in [0.15, 0.2) is 0 Å². The van der Waals surface area contributed by atoms with E-state index in [1.807, 2.05) is 12.1 Å². The molecule has 0 amide bonds. The van der Waals surface area contributed by atoms with Crippen LogP contribution >= 0.6 is 11.6 Å². The Bertz CT molecular complexity index is 308. The number of hydrogen-bond donors (Lipinski definition) is 0. The van der Waals surface area contributed by atoms with Crippen LogP contribution < -0.4 is 4.74 Å². The zero-order valence-electron chi connectivity index (χ0n) is 7.29. The standard InChI is InChI=1S/C10H10ClO2/c1-13-9-6-2-4-8(10(9)11)5-3-7-12/h2-4,6-7H,5H2,1H3. The molecule has 0 saturated heterocycles. The Morgan fingerprint density at radius 1 is 1.54 bits per heavy atom. The number of halogens is 1. The molecule has 0 N–H and O–H groups in total. The molecule has 69 valence electrons. The van der Waals surface area contributed by atoms with E-state index in [9.17, 15) is 5.11 Å². The zero-order valence-corrected chi connectivity index (χ0v) is 8.04. The van der Waals surface area contributed by atoms with Gasteiger partial charge in [-0.2, -0.15) is 0 Å². The Hall–Kier alpha value is -1.15. The molecule has 0 aliphatic heterocycles. The summed E-state index contributed by atoms with van der Waals surface area (Å²) in [6.45, 7) is 0. The molecule has 0 aliphatic carbocycles. The van der Waals surface area contributed by atoms with Crippen molar-refractivity contribution in [3.8, 4) is 5.75 Å². The Kier molecular flexibility index (Phi) is 3.65. The summed E-state index contributed by atoms with van der Waals surface area (Å²) in [5.41, 5.74) is 0.896. The van der Waals surface area contributed by atoms with Crippen LogP contribution in [-0.2, 0) is 11.5 Å².